The van der Waals surface area contributed by atoms with E-state index in [-0.39, 0.29) is 39.1 Å². The lowest BCUT2D eigenvalue weighted by Gasteiger charge is -2.30. The molecule has 0 saturated carbocycles. The van der Waals surface area contributed by atoms with E-state index in [0.29, 0.717) is 0 Å². The van der Waals surface area contributed by atoms with Crippen molar-refractivity contribution in [2.24, 2.45) is 5.92 Å². The molecule has 2 rings (SSSR count). The second kappa shape index (κ2) is 7.71. The van der Waals surface area contributed by atoms with Crippen LogP contribution in [-0.4, -0.2) is 50.1 Å². The maximum Gasteiger partial charge on any atom is 0.417 e. The number of aliphatic hydroxyl groups excluding tert-OH is 1. The van der Waals surface area contributed by atoms with Crippen molar-refractivity contribution in [2.75, 3.05) is 26.3 Å². The zero-order valence-electron chi connectivity index (χ0n) is 13.2. The Morgan fingerprint density at radius 2 is 1.84 bits per heavy atom. The Balaban J connectivity index is 2.15. The Bertz CT molecular complexity index is 712. The molecule has 0 radical (unpaired) electrons. The monoisotopic (exact) mass is 381 g/mol. The third kappa shape index (κ3) is 4.50. The second-order valence-electron chi connectivity index (χ2n) is 5.56. The lowest BCUT2D eigenvalue weighted by molar-refractivity contribution is -0.150. The highest BCUT2D eigenvalue weighted by atomic mass is 32.2. The van der Waals surface area contributed by atoms with Crippen molar-refractivity contribution in [1.82, 2.24) is 4.31 Å². The number of alkyl halides is 3. The van der Waals surface area contributed by atoms with E-state index in [2.05, 4.69) is 0 Å². The number of ether oxygens (including phenoxy) is 1. The summed E-state index contributed by atoms with van der Waals surface area (Å²) in [6.07, 6.45) is -4.48. The number of hydrogen-bond donors (Lipinski definition) is 1. The Kier molecular flexibility index (Phi) is 6.07. The highest BCUT2D eigenvalue weighted by molar-refractivity contribution is 7.89. The molecule has 1 saturated heterocycles. The van der Waals surface area contributed by atoms with Crippen LogP contribution in [0.3, 0.4) is 0 Å². The average Bonchev–Trinajstić information content (AvgIpc) is 2.59. The fraction of sp³-hybridized carbons (Fsp3) is 0.533. The van der Waals surface area contributed by atoms with Crippen LogP contribution in [0.1, 0.15) is 18.4 Å². The van der Waals surface area contributed by atoms with Gasteiger partial charge in [-0.05, 0) is 25.0 Å². The molecule has 1 aromatic carbocycles. The van der Waals surface area contributed by atoms with Crippen LogP contribution in [0.4, 0.5) is 13.2 Å². The molecule has 25 heavy (non-hydrogen) atoms. The van der Waals surface area contributed by atoms with Crippen molar-refractivity contribution in [3.63, 3.8) is 0 Å². The molecule has 1 aliphatic rings. The summed E-state index contributed by atoms with van der Waals surface area (Å²) < 4.78 is 70.1. The molecule has 1 N–H and O–H groups in total. The number of nitrogens with zero attached hydrogens (tertiary/aromatic N) is 1. The molecule has 0 bridgehead atoms. The van der Waals surface area contributed by atoms with Crippen molar-refractivity contribution in [2.45, 2.75) is 23.9 Å². The summed E-state index contributed by atoms with van der Waals surface area (Å²) in [5.41, 5.74) is -1.21. The SMILES string of the molecule is O=C(OCCO)C1CCN(S(=O)(=O)c2ccccc2C(F)(F)F)CC1. The summed E-state index contributed by atoms with van der Waals surface area (Å²) in [4.78, 5) is 10.9. The Hall–Kier alpha value is -1.65. The minimum atomic E-state index is -4.78. The molecule has 1 aromatic rings. The fourth-order valence-electron chi connectivity index (χ4n) is 2.66. The third-order valence-electron chi connectivity index (χ3n) is 3.93. The van der Waals surface area contributed by atoms with Gasteiger partial charge in [0.25, 0.3) is 0 Å². The van der Waals surface area contributed by atoms with E-state index in [1.165, 1.54) is 6.07 Å². The smallest absolute Gasteiger partial charge is 0.417 e. The van der Waals surface area contributed by atoms with Gasteiger partial charge >= 0.3 is 12.1 Å². The molecule has 6 nitrogen and oxygen atoms in total. The van der Waals surface area contributed by atoms with E-state index < -0.39 is 38.5 Å². The number of benzene rings is 1. The Labute approximate surface area is 143 Å². The predicted octanol–water partition coefficient (Wildman–Crippen LogP) is 1.64. The summed E-state index contributed by atoms with van der Waals surface area (Å²) in [5.74, 6) is -1.07. The second-order valence-corrected chi connectivity index (χ2v) is 7.47. The number of piperidine rings is 1. The van der Waals surface area contributed by atoms with Gasteiger partial charge in [-0.2, -0.15) is 17.5 Å². The maximum absolute atomic E-state index is 13.1. The van der Waals surface area contributed by atoms with Gasteiger partial charge in [-0.25, -0.2) is 8.42 Å². The van der Waals surface area contributed by atoms with Crippen molar-refractivity contribution >= 4 is 16.0 Å². The van der Waals surface area contributed by atoms with Gasteiger partial charge in [-0.15, -0.1) is 0 Å². The van der Waals surface area contributed by atoms with E-state index in [0.717, 1.165) is 22.5 Å². The highest BCUT2D eigenvalue weighted by Gasteiger charge is 2.40. The number of hydrogen-bond acceptors (Lipinski definition) is 5. The molecule has 140 valence electrons. The third-order valence-corrected chi connectivity index (χ3v) is 5.89. The lowest BCUT2D eigenvalue weighted by atomic mass is 9.98. The number of esters is 1. The minimum Gasteiger partial charge on any atom is -0.463 e. The standard InChI is InChI=1S/C15H18F3NO5S/c16-15(17,18)12-3-1-2-4-13(12)25(22,23)19-7-5-11(6-8-19)14(21)24-10-9-20/h1-4,11,20H,5-10H2. The van der Waals surface area contributed by atoms with Crippen molar-refractivity contribution < 1.29 is 36.2 Å². The minimum absolute atomic E-state index is 0.0760. The highest BCUT2D eigenvalue weighted by Crippen LogP contribution is 2.36. The van der Waals surface area contributed by atoms with Crippen LogP contribution in [-0.2, 0) is 25.7 Å². The van der Waals surface area contributed by atoms with Crippen LogP contribution in [0.5, 0.6) is 0 Å². The van der Waals surface area contributed by atoms with Crippen molar-refractivity contribution in [3.8, 4) is 0 Å². The van der Waals surface area contributed by atoms with Gasteiger partial charge in [-0.3, -0.25) is 4.79 Å². The molecular formula is C15H18F3NO5S. The molecule has 0 spiro atoms. The van der Waals surface area contributed by atoms with Gasteiger partial charge in [0, 0.05) is 13.1 Å². The van der Waals surface area contributed by atoms with Crippen LogP contribution in [0, 0.1) is 5.92 Å². The first-order valence-electron chi connectivity index (χ1n) is 7.62. The summed E-state index contributed by atoms with van der Waals surface area (Å²) >= 11 is 0. The van der Waals surface area contributed by atoms with Crippen LogP contribution in [0.2, 0.25) is 0 Å². The number of carbonyl (C=O) groups is 1. The van der Waals surface area contributed by atoms with Gasteiger partial charge in [0.15, 0.2) is 0 Å². The van der Waals surface area contributed by atoms with Crippen LogP contribution < -0.4 is 0 Å². The molecule has 1 aliphatic heterocycles. The summed E-state index contributed by atoms with van der Waals surface area (Å²) in [6.45, 7) is -0.607. The van der Waals surface area contributed by atoms with E-state index in [9.17, 15) is 26.4 Å². The molecule has 0 atom stereocenters. The van der Waals surface area contributed by atoms with Crippen molar-refractivity contribution in [1.29, 1.82) is 0 Å². The summed E-state index contributed by atoms with van der Waals surface area (Å²) in [5, 5.41) is 8.62. The first-order valence-corrected chi connectivity index (χ1v) is 9.06. The van der Waals surface area contributed by atoms with E-state index in [4.69, 9.17) is 9.84 Å². The van der Waals surface area contributed by atoms with E-state index in [1.54, 1.807) is 0 Å². The Morgan fingerprint density at radius 3 is 2.40 bits per heavy atom. The van der Waals surface area contributed by atoms with Crippen LogP contribution in [0.25, 0.3) is 0 Å². The van der Waals surface area contributed by atoms with Gasteiger partial charge in [0.2, 0.25) is 10.0 Å². The normalized spacial score (nSPS) is 17.4. The average molecular weight is 381 g/mol. The van der Waals surface area contributed by atoms with E-state index >= 15 is 0 Å². The Morgan fingerprint density at radius 1 is 1.24 bits per heavy atom. The van der Waals surface area contributed by atoms with Gasteiger partial charge in [-0.1, -0.05) is 12.1 Å². The number of sulfonamides is 1. The molecule has 0 aliphatic carbocycles. The predicted molar refractivity (Wildman–Crippen MR) is 81.0 cm³/mol. The van der Waals surface area contributed by atoms with Crippen molar-refractivity contribution in [3.05, 3.63) is 29.8 Å². The molecule has 0 amide bonds. The molecule has 0 unspecified atom stereocenters. The number of halogens is 3. The molecular weight excluding hydrogens is 363 g/mol. The van der Waals surface area contributed by atoms with E-state index in [1.807, 2.05) is 0 Å². The molecule has 1 heterocycles. The van der Waals surface area contributed by atoms with Crippen LogP contribution >= 0.6 is 0 Å². The quantitative estimate of drug-likeness (QED) is 0.784. The zero-order valence-corrected chi connectivity index (χ0v) is 14.0. The topological polar surface area (TPSA) is 83.9 Å². The maximum atomic E-state index is 13.1. The first kappa shape index (κ1) is 19.7. The summed E-state index contributed by atoms with van der Waals surface area (Å²) in [6, 6.07) is 4.03. The molecule has 0 aromatic heterocycles. The first-order chi connectivity index (χ1) is 11.7. The number of aliphatic hydroxyl groups is 1. The van der Waals surface area contributed by atoms with Gasteiger partial charge in [0.05, 0.1) is 23.0 Å². The number of carbonyl (C=O) groups excluding carboxylic acids is 1. The van der Waals surface area contributed by atoms with Crippen LogP contribution in [0.15, 0.2) is 29.2 Å². The zero-order chi connectivity index (χ0) is 18.7. The fourth-order valence-corrected chi connectivity index (χ4v) is 4.34. The van der Waals surface area contributed by atoms with Gasteiger partial charge < -0.3 is 9.84 Å². The van der Waals surface area contributed by atoms with Gasteiger partial charge in [0.1, 0.15) is 6.61 Å². The number of rotatable bonds is 5. The molecule has 10 heteroatoms. The summed E-state index contributed by atoms with van der Waals surface area (Å²) in [7, 11) is -4.32. The molecule has 1 fully saturated rings. The largest absolute Gasteiger partial charge is 0.463 e. The lowest BCUT2D eigenvalue weighted by Crippen LogP contribution is -2.41.